The van der Waals surface area contributed by atoms with Gasteiger partial charge in [0.15, 0.2) is 11.5 Å². The number of ether oxygens (including phenoxy) is 2. The van der Waals surface area contributed by atoms with Gasteiger partial charge in [0.2, 0.25) is 6.79 Å². The summed E-state index contributed by atoms with van der Waals surface area (Å²) < 4.78 is 10.6. The average Bonchev–Trinajstić information content (AvgIpc) is 3.12. The summed E-state index contributed by atoms with van der Waals surface area (Å²) in [5, 5.41) is 0. The minimum Gasteiger partial charge on any atom is -0.454 e. The van der Waals surface area contributed by atoms with Crippen molar-refractivity contribution in [3.8, 4) is 11.5 Å². The van der Waals surface area contributed by atoms with Crippen molar-refractivity contribution in [2.24, 2.45) is 5.41 Å². The van der Waals surface area contributed by atoms with E-state index in [0.29, 0.717) is 22.7 Å². The van der Waals surface area contributed by atoms with E-state index < -0.39 is 0 Å². The van der Waals surface area contributed by atoms with Gasteiger partial charge in [-0.15, -0.1) is 0 Å². The largest absolute Gasteiger partial charge is 0.454 e. The fraction of sp³-hybridized carbons (Fsp3) is 0.562. The molecule has 1 saturated heterocycles. The van der Waals surface area contributed by atoms with E-state index in [-0.39, 0.29) is 18.1 Å². The maximum atomic E-state index is 12.7. The van der Waals surface area contributed by atoms with Gasteiger partial charge in [-0.25, -0.2) is 0 Å². The van der Waals surface area contributed by atoms with Gasteiger partial charge >= 0.3 is 0 Å². The smallest absolute Gasteiger partial charge is 0.256 e. The number of carbonyl (C=O) groups excluding carboxylic acids is 1. The summed E-state index contributed by atoms with van der Waals surface area (Å²) in [5.74, 6) is 1.21. The Bertz CT molecular complexity index is 567. The molecule has 1 amide bonds. The average molecular weight is 290 g/mol. The van der Waals surface area contributed by atoms with Gasteiger partial charge in [-0.05, 0) is 30.7 Å². The molecule has 2 aliphatic rings. The van der Waals surface area contributed by atoms with Crippen molar-refractivity contribution in [1.82, 2.24) is 4.90 Å². The highest BCUT2D eigenvalue weighted by atomic mass is 16.7. The summed E-state index contributed by atoms with van der Waals surface area (Å²) in [6, 6.07) is 3.39. The molecular weight excluding hydrogens is 268 g/mol. The molecule has 0 unspecified atom stereocenters. The molecule has 2 aliphatic heterocycles. The predicted molar refractivity (Wildman–Crippen MR) is 80.5 cm³/mol. The van der Waals surface area contributed by atoms with Crippen molar-refractivity contribution >= 4 is 11.6 Å². The first-order valence-electron chi connectivity index (χ1n) is 7.57. The van der Waals surface area contributed by atoms with Crippen LogP contribution in [0.2, 0.25) is 0 Å². The molecule has 3 rings (SSSR count). The van der Waals surface area contributed by atoms with E-state index in [0.717, 1.165) is 32.4 Å². The monoisotopic (exact) mass is 290 g/mol. The Kier molecular flexibility index (Phi) is 3.43. The number of hydrogen-bond acceptors (Lipinski definition) is 4. The third kappa shape index (κ3) is 2.30. The topological polar surface area (TPSA) is 64.8 Å². The first-order chi connectivity index (χ1) is 10.1. The summed E-state index contributed by atoms with van der Waals surface area (Å²) in [4.78, 5) is 14.7. The van der Waals surface area contributed by atoms with Crippen LogP contribution in [0.15, 0.2) is 12.1 Å². The van der Waals surface area contributed by atoms with Crippen LogP contribution in [0.25, 0.3) is 0 Å². The molecule has 1 fully saturated rings. The Hall–Kier alpha value is -1.91. The molecule has 21 heavy (non-hydrogen) atoms. The quantitative estimate of drug-likeness (QED) is 0.869. The van der Waals surface area contributed by atoms with Crippen LogP contribution < -0.4 is 15.2 Å². The number of nitrogens with two attached hydrogens (primary N) is 1. The number of nitrogens with zero attached hydrogens (tertiary/aromatic N) is 1. The second-order valence-corrected chi connectivity index (χ2v) is 5.98. The molecule has 0 spiro atoms. The van der Waals surface area contributed by atoms with Crippen molar-refractivity contribution < 1.29 is 14.3 Å². The molecule has 2 heterocycles. The second kappa shape index (κ2) is 5.13. The third-order valence-electron chi connectivity index (χ3n) is 5.00. The fourth-order valence-corrected chi connectivity index (χ4v) is 3.25. The number of hydrogen-bond donors (Lipinski definition) is 1. The number of amides is 1. The second-order valence-electron chi connectivity index (χ2n) is 5.98. The molecular formula is C16H22N2O3. The summed E-state index contributed by atoms with van der Waals surface area (Å²) in [7, 11) is 0. The van der Waals surface area contributed by atoms with E-state index in [1.54, 1.807) is 12.1 Å². The highest BCUT2D eigenvalue weighted by Gasteiger charge is 2.37. The minimum absolute atomic E-state index is 0.00502. The number of benzene rings is 1. The summed E-state index contributed by atoms with van der Waals surface area (Å²) in [6.07, 6.45) is 3.27. The number of rotatable bonds is 3. The highest BCUT2D eigenvalue weighted by Crippen LogP contribution is 2.40. The molecule has 0 saturated carbocycles. The van der Waals surface area contributed by atoms with Crippen LogP contribution >= 0.6 is 0 Å². The van der Waals surface area contributed by atoms with Gasteiger partial charge in [0.1, 0.15) is 0 Å². The molecule has 2 N–H and O–H groups in total. The maximum Gasteiger partial charge on any atom is 0.256 e. The van der Waals surface area contributed by atoms with Crippen molar-refractivity contribution in [2.45, 2.75) is 33.1 Å². The Morgan fingerprint density at radius 2 is 1.95 bits per heavy atom. The van der Waals surface area contributed by atoms with Crippen LogP contribution in [0, 0.1) is 5.41 Å². The first kappa shape index (κ1) is 14.0. The predicted octanol–water partition coefficient (Wildman–Crippen LogP) is 2.65. The van der Waals surface area contributed by atoms with Crippen LogP contribution in [0.3, 0.4) is 0 Å². The zero-order valence-electron chi connectivity index (χ0n) is 12.6. The standard InChI is InChI=1S/C16H22N2O3/c1-3-16(4-2)5-6-18(9-16)15(19)11-7-13-14(8-12(11)17)21-10-20-13/h7-8H,3-6,9-10,17H2,1-2H3. The van der Waals surface area contributed by atoms with Crippen LogP contribution in [0.4, 0.5) is 5.69 Å². The molecule has 114 valence electrons. The molecule has 0 bridgehead atoms. The van der Waals surface area contributed by atoms with Crippen molar-refractivity contribution in [1.29, 1.82) is 0 Å². The Labute approximate surface area is 125 Å². The van der Waals surface area contributed by atoms with Crippen LogP contribution in [0.1, 0.15) is 43.5 Å². The van der Waals surface area contributed by atoms with Gasteiger partial charge in [-0.2, -0.15) is 0 Å². The maximum absolute atomic E-state index is 12.7. The van der Waals surface area contributed by atoms with E-state index in [9.17, 15) is 4.79 Å². The van der Waals surface area contributed by atoms with E-state index >= 15 is 0 Å². The number of nitrogen functional groups attached to an aromatic ring is 1. The van der Waals surface area contributed by atoms with E-state index in [2.05, 4.69) is 13.8 Å². The fourth-order valence-electron chi connectivity index (χ4n) is 3.25. The Morgan fingerprint density at radius 3 is 2.57 bits per heavy atom. The molecule has 5 nitrogen and oxygen atoms in total. The van der Waals surface area contributed by atoms with Crippen LogP contribution in [-0.2, 0) is 0 Å². The minimum atomic E-state index is -0.00502. The van der Waals surface area contributed by atoms with Gasteiger partial charge in [0.25, 0.3) is 5.91 Å². The van der Waals surface area contributed by atoms with E-state index in [4.69, 9.17) is 15.2 Å². The van der Waals surface area contributed by atoms with Crippen LogP contribution in [0.5, 0.6) is 11.5 Å². The van der Waals surface area contributed by atoms with E-state index in [1.165, 1.54) is 0 Å². The highest BCUT2D eigenvalue weighted by molar-refractivity contribution is 6.00. The zero-order valence-corrected chi connectivity index (χ0v) is 12.6. The molecule has 0 aromatic heterocycles. The lowest BCUT2D eigenvalue weighted by Crippen LogP contribution is -2.32. The SMILES string of the molecule is CCC1(CC)CCN(C(=O)c2cc3c(cc2N)OCO3)C1. The third-order valence-corrected chi connectivity index (χ3v) is 5.00. The number of fused-ring (bicyclic) bond motifs is 1. The lowest BCUT2D eigenvalue weighted by atomic mass is 9.82. The van der Waals surface area contributed by atoms with Gasteiger partial charge in [0.05, 0.1) is 5.56 Å². The normalized spacial score (nSPS) is 19.0. The van der Waals surface area contributed by atoms with Crippen molar-refractivity contribution in [3.05, 3.63) is 17.7 Å². The Morgan fingerprint density at radius 1 is 1.29 bits per heavy atom. The van der Waals surface area contributed by atoms with E-state index in [1.807, 2.05) is 4.90 Å². The van der Waals surface area contributed by atoms with Crippen LogP contribution in [-0.4, -0.2) is 30.7 Å². The Balaban J connectivity index is 1.84. The van der Waals surface area contributed by atoms with Gasteiger partial charge in [-0.1, -0.05) is 13.8 Å². The van der Waals surface area contributed by atoms with Gasteiger partial charge < -0.3 is 20.1 Å². The number of likely N-dealkylation sites (tertiary alicyclic amines) is 1. The lowest BCUT2D eigenvalue weighted by molar-refractivity contribution is 0.0770. The molecule has 1 aromatic rings. The van der Waals surface area contributed by atoms with Gasteiger partial charge in [-0.3, -0.25) is 4.79 Å². The lowest BCUT2D eigenvalue weighted by Gasteiger charge is -2.26. The summed E-state index contributed by atoms with van der Waals surface area (Å²) in [5.41, 5.74) is 7.25. The van der Waals surface area contributed by atoms with Crippen molar-refractivity contribution in [3.63, 3.8) is 0 Å². The zero-order chi connectivity index (χ0) is 15.0. The summed E-state index contributed by atoms with van der Waals surface area (Å²) in [6.45, 7) is 6.20. The molecule has 0 radical (unpaired) electrons. The first-order valence-corrected chi connectivity index (χ1v) is 7.57. The molecule has 0 atom stereocenters. The van der Waals surface area contributed by atoms with Crippen molar-refractivity contribution in [2.75, 3.05) is 25.6 Å². The number of anilines is 1. The molecule has 1 aromatic carbocycles. The molecule has 0 aliphatic carbocycles. The molecule has 5 heteroatoms. The number of carbonyl (C=O) groups is 1. The van der Waals surface area contributed by atoms with Gasteiger partial charge in [0, 0.05) is 24.8 Å². The summed E-state index contributed by atoms with van der Waals surface area (Å²) >= 11 is 0.